The lowest BCUT2D eigenvalue weighted by Gasteiger charge is -2.32. The summed E-state index contributed by atoms with van der Waals surface area (Å²) >= 11 is 0. The van der Waals surface area contributed by atoms with E-state index in [2.05, 4.69) is 15.5 Å². The maximum Gasteiger partial charge on any atom is 0.306 e. The first-order chi connectivity index (χ1) is 21.4. The zero-order chi connectivity index (χ0) is 30.9. The maximum atomic E-state index is 12.7. The molecule has 2 aromatic carbocycles. The third-order valence-electron chi connectivity index (χ3n) is 7.39. The van der Waals surface area contributed by atoms with Gasteiger partial charge in [0.05, 0.1) is 38.7 Å². The Morgan fingerprint density at radius 1 is 1.09 bits per heavy atom. The van der Waals surface area contributed by atoms with Crippen LogP contribution in [0.5, 0.6) is 11.5 Å². The summed E-state index contributed by atoms with van der Waals surface area (Å²) in [6.45, 7) is 4.25. The topological polar surface area (TPSA) is 136 Å². The van der Waals surface area contributed by atoms with E-state index in [1.54, 1.807) is 31.8 Å². The second-order valence-electron chi connectivity index (χ2n) is 10.7. The van der Waals surface area contributed by atoms with Crippen LogP contribution in [-0.4, -0.2) is 77.0 Å². The molecule has 234 valence electrons. The van der Waals surface area contributed by atoms with Crippen LogP contribution in [0.1, 0.15) is 56.2 Å². The minimum absolute atomic E-state index is 0.0213. The predicted molar refractivity (Wildman–Crippen MR) is 159 cm³/mol. The summed E-state index contributed by atoms with van der Waals surface area (Å²) in [5, 5.41) is 22.4. The molecule has 5 rings (SSSR count). The Morgan fingerprint density at radius 3 is 2.59 bits per heavy atom. The number of ether oxygens (including phenoxy) is 5. The SMILES string of the molecule is COc1ccc(OC2C=CC(c3ccccc3)OC2COC(=O)CCC(C)=NOC(C)c2cn(C3COCC3O)nn2)cc1. The highest BCUT2D eigenvalue weighted by Crippen LogP contribution is 2.29. The summed E-state index contributed by atoms with van der Waals surface area (Å²) in [7, 11) is 1.61. The molecule has 3 aromatic rings. The van der Waals surface area contributed by atoms with Crippen molar-refractivity contribution in [1.82, 2.24) is 15.0 Å². The minimum Gasteiger partial charge on any atom is -0.497 e. The number of benzene rings is 2. The van der Waals surface area contributed by atoms with E-state index in [-0.39, 0.29) is 37.7 Å². The fourth-order valence-corrected chi connectivity index (χ4v) is 4.76. The van der Waals surface area contributed by atoms with Crippen molar-refractivity contribution < 1.29 is 38.4 Å². The van der Waals surface area contributed by atoms with E-state index < -0.39 is 24.4 Å². The van der Waals surface area contributed by atoms with Crippen LogP contribution in [0.2, 0.25) is 0 Å². The average molecular weight is 607 g/mol. The Balaban J connectivity index is 1.12. The third-order valence-corrected chi connectivity index (χ3v) is 7.39. The second kappa shape index (κ2) is 15.0. The van der Waals surface area contributed by atoms with Crippen LogP contribution in [-0.2, 0) is 23.8 Å². The van der Waals surface area contributed by atoms with Crippen LogP contribution in [0, 0.1) is 0 Å². The van der Waals surface area contributed by atoms with Gasteiger partial charge in [0.2, 0.25) is 0 Å². The highest BCUT2D eigenvalue weighted by molar-refractivity contribution is 5.85. The summed E-state index contributed by atoms with van der Waals surface area (Å²) in [6, 6.07) is 16.8. The number of hydrogen-bond acceptors (Lipinski definition) is 11. The van der Waals surface area contributed by atoms with Gasteiger partial charge in [-0.2, -0.15) is 0 Å². The van der Waals surface area contributed by atoms with Gasteiger partial charge in [-0.3, -0.25) is 4.79 Å². The van der Waals surface area contributed by atoms with Gasteiger partial charge in [-0.1, -0.05) is 46.8 Å². The number of oxime groups is 1. The first-order valence-corrected chi connectivity index (χ1v) is 14.6. The normalized spacial score (nSPS) is 24.1. The van der Waals surface area contributed by atoms with Gasteiger partial charge < -0.3 is 33.6 Å². The van der Waals surface area contributed by atoms with Gasteiger partial charge in [0.25, 0.3) is 0 Å². The number of rotatable bonds is 13. The van der Waals surface area contributed by atoms with Gasteiger partial charge in [-0.25, -0.2) is 4.68 Å². The average Bonchev–Trinajstić information content (AvgIpc) is 3.72. The Labute approximate surface area is 256 Å². The molecular formula is C32H38N4O8. The van der Waals surface area contributed by atoms with Crippen molar-refractivity contribution >= 4 is 11.7 Å². The number of carbonyl (C=O) groups excluding carboxylic acids is 1. The zero-order valence-corrected chi connectivity index (χ0v) is 25.0. The van der Waals surface area contributed by atoms with Crippen molar-refractivity contribution in [3.05, 3.63) is 84.2 Å². The summed E-state index contributed by atoms with van der Waals surface area (Å²) < 4.78 is 30.2. The van der Waals surface area contributed by atoms with E-state index in [4.69, 9.17) is 28.5 Å². The molecule has 2 aliphatic rings. The zero-order valence-electron chi connectivity index (χ0n) is 25.0. The molecule has 0 radical (unpaired) electrons. The number of aliphatic hydroxyl groups is 1. The molecular weight excluding hydrogens is 568 g/mol. The standard InChI is InChI=1S/C32H38N4O8/c1-21(34-44-22(2)26-17-36(35-33-26)27-18-40-19-28(27)37)9-16-32(38)41-20-31-30(42-25-12-10-24(39-3)11-13-25)15-14-29(43-31)23-7-5-4-6-8-23/h4-8,10-15,17,22,27-31,37H,9,16,18-20H2,1-3H3. The summed E-state index contributed by atoms with van der Waals surface area (Å²) in [5.74, 6) is 0.988. The van der Waals surface area contributed by atoms with E-state index in [1.807, 2.05) is 66.7 Å². The smallest absolute Gasteiger partial charge is 0.306 e. The molecule has 3 heterocycles. The molecule has 2 aliphatic heterocycles. The summed E-state index contributed by atoms with van der Waals surface area (Å²) in [6.07, 6.45) is 3.72. The fourth-order valence-electron chi connectivity index (χ4n) is 4.76. The molecule has 0 aliphatic carbocycles. The quantitative estimate of drug-likeness (QED) is 0.131. The van der Waals surface area contributed by atoms with Gasteiger partial charge >= 0.3 is 5.97 Å². The van der Waals surface area contributed by atoms with Gasteiger partial charge in [0, 0.05) is 0 Å². The van der Waals surface area contributed by atoms with Crippen LogP contribution in [0.4, 0.5) is 0 Å². The highest BCUT2D eigenvalue weighted by Gasteiger charge is 2.31. The Hall–Kier alpha value is -4.26. The van der Waals surface area contributed by atoms with E-state index >= 15 is 0 Å². The Morgan fingerprint density at radius 2 is 1.86 bits per heavy atom. The number of hydrogen-bond donors (Lipinski definition) is 1. The number of aromatic nitrogens is 3. The van der Waals surface area contributed by atoms with Crippen molar-refractivity contribution in [2.75, 3.05) is 26.9 Å². The fraction of sp³-hybridized carbons (Fsp3) is 0.438. The van der Waals surface area contributed by atoms with Gasteiger partial charge in [-0.05, 0) is 56.2 Å². The highest BCUT2D eigenvalue weighted by atomic mass is 16.6. The van der Waals surface area contributed by atoms with Gasteiger partial charge in [-0.15, -0.1) is 5.10 Å². The number of methoxy groups -OCH3 is 1. The monoisotopic (exact) mass is 606 g/mol. The van der Waals surface area contributed by atoms with Gasteiger partial charge in [0.1, 0.15) is 54.3 Å². The predicted octanol–water partition coefficient (Wildman–Crippen LogP) is 4.14. The minimum atomic E-state index is -0.626. The molecule has 6 unspecified atom stereocenters. The van der Waals surface area contributed by atoms with Crippen molar-refractivity contribution in [2.45, 2.75) is 63.3 Å². The van der Waals surface area contributed by atoms with Crippen LogP contribution in [0.15, 0.2) is 78.1 Å². The van der Waals surface area contributed by atoms with Crippen LogP contribution in [0.3, 0.4) is 0 Å². The van der Waals surface area contributed by atoms with Crippen LogP contribution in [0.25, 0.3) is 0 Å². The second-order valence-corrected chi connectivity index (χ2v) is 10.7. The molecule has 1 aromatic heterocycles. The largest absolute Gasteiger partial charge is 0.497 e. The van der Waals surface area contributed by atoms with E-state index in [1.165, 1.54) is 0 Å². The molecule has 0 bridgehead atoms. The molecule has 0 amide bonds. The summed E-state index contributed by atoms with van der Waals surface area (Å²) in [4.78, 5) is 18.3. The van der Waals surface area contributed by atoms with Crippen molar-refractivity contribution in [3.63, 3.8) is 0 Å². The molecule has 12 nitrogen and oxygen atoms in total. The molecule has 44 heavy (non-hydrogen) atoms. The number of esters is 1. The number of carbonyl (C=O) groups is 1. The Kier molecular flexibility index (Phi) is 10.6. The van der Waals surface area contributed by atoms with E-state index in [0.29, 0.717) is 30.2 Å². The van der Waals surface area contributed by atoms with E-state index in [9.17, 15) is 9.90 Å². The first-order valence-electron chi connectivity index (χ1n) is 14.6. The lowest BCUT2D eigenvalue weighted by atomic mass is 10.0. The number of nitrogens with zero attached hydrogens (tertiary/aromatic N) is 4. The third kappa shape index (κ3) is 8.22. The van der Waals surface area contributed by atoms with E-state index in [0.717, 1.165) is 11.3 Å². The molecule has 12 heteroatoms. The molecule has 0 saturated carbocycles. The van der Waals surface area contributed by atoms with Crippen molar-refractivity contribution in [1.29, 1.82) is 0 Å². The first kappa shape index (κ1) is 31.2. The molecule has 1 N–H and O–H groups in total. The number of aliphatic hydroxyl groups excluding tert-OH is 1. The Bertz CT molecular complexity index is 1410. The van der Waals surface area contributed by atoms with Crippen LogP contribution >= 0.6 is 0 Å². The van der Waals surface area contributed by atoms with Crippen molar-refractivity contribution in [2.24, 2.45) is 5.16 Å². The summed E-state index contributed by atoms with van der Waals surface area (Å²) in [5.41, 5.74) is 2.20. The molecule has 6 atom stereocenters. The lowest BCUT2D eigenvalue weighted by molar-refractivity contribution is -0.152. The maximum absolute atomic E-state index is 12.7. The molecule has 1 fully saturated rings. The van der Waals surface area contributed by atoms with Crippen molar-refractivity contribution in [3.8, 4) is 11.5 Å². The van der Waals surface area contributed by atoms with Gasteiger partial charge in [0.15, 0.2) is 6.10 Å². The molecule has 1 saturated heterocycles. The van der Waals surface area contributed by atoms with Crippen LogP contribution < -0.4 is 9.47 Å². The lowest BCUT2D eigenvalue weighted by Crippen LogP contribution is -2.40. The molecule has 0 spiro atoms.